The Labute approximate surface area is 121 Å². The Bertz CT molecular complexity index is 645. The summed E-state index contributed by atoms with van der Waals surface area (Å²) in [6.07, 6.45) is 1.99. The van der Waals surface area contributed by atoms with Crippen LogP contribution in [0.3, 0.4) is 0 Å². The Morgan fingerprint density at radius 1 is 1.29 bits per heavy atom. The largest absolute Gasteiger partial charge is 0.490 e. The number of benzene rings is 1. The van der Waals surface area contributed by atoms with Gasteiger partial charge in [-0.25, -0.2) is 14.2 Å². The number of hydrogen-bond acceptors (Lipinski definition) is 4. The number of rotatable bonds is 6. The predicted octanol–water partition coefficient (Wildman–Crippen LogP) is 3.50. The molecule has 0 unspecified atom stereocenters. The summed E-state index contributed by atoms with van der Waals surface area (Å²) in [4.78, 5) is 14.6. The molecule has 0 radical (unpaired) electrons. The maximum absolute atomic E-state index is 14.0. The van der Waals surface area contributed by atoms with Crippen molar-refractivity contribution in [3.8, 4) is 17.4 Å². The molecule has 1 N–H and O–H groups in total. The Morgan fingerprint density at radius 2 is 2.00 bits per heavy atom. The summed E-state index contributed by atoms with van der Waals surface area (Å²) in [6, 6.07) is 7.82. The standard InChI is InChI=1S/C15H14FNO4/c1-2-9-20-11-5-3-4-6-12(11)21-14-13(16)10(15(18)19)7-8-17-14/h3-8H,2,9H2,1H3,(H,18,19). The van der Waals surface area contributed by atoms with Crippen LogP contribution in [0.1, 0.15) is 23.7 Å². The van der Waals surface area contributed by atoms with Gasteiger partial charge in [0.2, 0.25) is 0 Å². The fraction of sp³-hybridized carbons (Fsp3) is 0.200. The average molecular weight is 291 g/mol. The highest BCUT2D eigenvalue weighted by molar-refractivity contribution is 5.88. The fourth-order valence-electron chi connectivity index (χ4n) is 1.63. The van der Waals surface area contributed by atoms with E-state index in [1.54, 1.807) is 24.3 Å². The summed E-state index contributed by atoms with van der Waals surface area (Å²) in [5.74, 6) is -2.07. The summed E-state index contributed by atoms with van der Waals surface area (Å²) in [5.41, 5.74) is -0.494. The lowest BCUT2D eigenvalue weighted by atomic mass is 10.2. The van der Waals surface area contributed by atoms with E-state index in [1.807, 2.05) is 6.92 Å². The summed E-state index contributed by atoms with van der Waals surface area (Å²) in [6.45, 7) is 2.45. The molecule has 2 rings (SSSR count). The van der Waals surface area contributed by atoms with Crippen LogP contribution >= 0.6 is 0 Å². The number of carboxylic acid groups (broad SMARTS) is 1. The number of nitrogens with zero attached hydrogens (tertiary/aromatic N) is 1. The van der Waals surface area contributed by atoms with Crippen LogP contribution in [0.25, 0.3) is 0 Å². The van der Waals surface area contributed by atoms with Crippen molar-refractivity contribution < 1.29 is 23.8 Å². The third-order valence-corrected chi connectivity index (χ3v) is 2.61. The van der Waals surface area contributed by atoms with Gasteiger partial charge in [-0.15, -0.1) is 0 Å². The van der Waals surface area contributed by atoms with Crippen molar-refractivity contribution >= 4 is 5.97 Å². The van der Waals surface area contributed by atoms with Crippen molar-refractivity contribution in [2.24, 2.45) is 0 Å². The van der Waals surface area contributed by atoms with Crippen LogP contribution in [0.4, 0.5) is 4.39 Å². The van der Waals surface area contributed by atoms with Crippen molar-refractivity contribution in [1.82, 2.24) is 4.98 Å². The van der Waals surface area contributed by atoms with Gasteiger partial charge in [-0.05, 0) is 24.6 Å². The first-order chi connectivity index (χ1) is 10.1. The van der Waals surface area contributed by atoms with Gasteiger partial charge in [0.25, 0.3) is 5.88 Å². The summed E-state index contributed by atoms with van der Waals surface area (Å²) >= 11 is 0. The second kappa shape index (κ2) is 6.69. The SMILES string of the molecule is CCCOc1ccccc1Oc1nccc(C(=O)O)c1F. The molecule has 0 fully saturated rings. The van der Waals surface area contributed by atoms with Crippen molar-refractivity contribution in [2.75, 3.05) is 6.61 Å². The first kappa shape index (κ1) is 14.8. The van der Waals surface area contributed by atoms with Crippen molar-refractivity contribution in [2.45, 2.75) is 13.3 Å². The zero-order valence-electron chi connectivity index (χ0n) is 11.4. The summed E-state index contributed by atoms with van der Waals surface area (Å²) in [7, 11) is 0. The molecule has 0 amide bonds. The van der Waals surface area contributed by atoms with Gasteiger partial charge in [0.1, 0.15) is 5.56 Å². The number of aromatic nitrogens is 1. The van der Waals surface area contributed by atoms with E-state index >= 15 is 0 Å². The van der Waals surface area contributed by atoms with Crippen LogP contribution in [-0.4, -0.2) is 22.7 Å². The van der Waals surface area contributed by atoms with Gasteiger partial charge in [0, 0.05) is 6.20 Å². The minimum Gasteiger partial charge on any atom is -0.490 e. The molecule has 0 spiro atoms. The molecule has 0 aliphatic heterocycles. The number of halogens is 1. The molecule has 2 aromatic rings. The lowest BCUT2D eigenvalue weighted by molar-refractivity contribution is 0.0690. The van der Waals surface area contributed by atoms with E-state index in [0.717, 1.165) is 12.5 Å². The van der Waals surface area contributed by atoms with Gasteiger partial charge in [-0.2, -0.15) is 0 Å². The number of carbonyl (C=O) groups is 1. The van der Waals surface area contributed by atoms with Gasteiger partial charge >= 0.3 is 5.97 Å². The molecule has 0 atom stereocenters. The smallest absolute Gasteiger partial charge is 0.338 e. The topological polar surface area (TPSA) is 68.7 Å². The number of hydrogen-bond donors (Lipinski definition) is 1. The number of para-hydroxylation sites is 2. The Balaban J connectivity index is 2.30. The van der Waals surface area contributed by atoms with E-state index in [-0.39, 0.29) is 5.75 Å². The molecule has 110 valence electrons. The van der Waals surface area contributed by atoms with Gasteiger partial charge < -0.3 is 14.6 Å². The number of aromatic carboxylic acids is 1. The monoisotopic (exact) mass is 291 g/mol. The molecule has 1 heterocycles. The highest BCUT2D eigenvalue weighted by Gasteiger charge is 2.17. The van der Waals surface area contributed by atoms with Crippen molar-refractivity contribution in [1.29, 1.82) is 0 Å². The lowest BCUT2D eigenvalue weighted by Crippen LogP contribution is -2.04. The lowest BCUT2D eigenvalue weighted by Gasteiger charge is -2.12. The molecule has 0 bridgehead atoms. The van der Waals surface area contributed by atoms with Gasteiger partial charge in [0.15, 0.2) is 17.3 Å². The van der Waals surface area contributed by atoms with Crippen LogP contribution in [0.15, 0.2) is 36.5 Å². The molecule has 1 aromatic heterocycles. The molecule has 0 aliphatic carbocycles. The Kier molecular flexibility index (Phi) is 4.71. The molecule has 6 heteroatoms. The predicted molar refractivity (Wildman–Crippen MR) is 73.5 cm³/mol. The van der Waals surface area contributed by atoms with Gasteiger partial charge in [0.05, 0.1) is 6.61 Å². The second-order valence-corrected chi connectivity index (χ2v) is 4.18. The molecular weight excluding hydrogens is 277 g/mol. The van der Waals surface area contributed by atoms with Crippen LogP contribution < -0.4 is 9.47 Å². The number of ether oxygens (including phenoxy) is 2. The number of carboxylic acids is 1. The highest BCUT2D eigenvalue weighted by atomic mass is 19.1. The van der Waals surface area contributed by atoms with Gasteiger partial charge in [-0.3, -0.25) is 0 Å². The molecule has 5 nitrogen and oxygen atoms in total. The molecule has 0 aliphatic rings. The van der Waals surface area contributed by atoms with E-state index in [9.17, 15) is 9.18 Å². The van der Waals surface area contributed by atoms with E-state index in [2.05, 4.69) is 4.98 Å². The Morgan fingerprint density at radius 3 is 2.67 bits per heavy atom. The molecule has 1 aromatic carbocycles. The van der Waals surface area contributed by atoms with Crippen LogP contribution in [0, 0.1) is 5.82 Å². The van der Waals surface area contributed by atoms with E-state index in [0.29, 0.717) is 12.4 Å². The normalized spacial score (nSPS) is 10.2. The van der Waals surface area contributed by atoms with Crippen LogP contribution in [-0.2, 0) is 0 Å². The average Bonchev–Trinajstić information content (AvgIpc) is 2.48. The minimum atomic E-state index is -1.38. The molecule has 0 saturated carbocycles. The van der Waals surface area contributed by atoms with E-state index in [1.165, 1.54) is 6.20 Å². The zero-order chi connectivity index (χ0) is 15.2. The second-order valence-electron chi connectivity index (χ2n) is 4.18. The fourth-order valence-corrected chi connectivity index (χ4v) is 1.63. The maximum atomic E-state index is 14.0. The van der Waals surface area contributed by atoms with Crippen molar-refractivity contribution in [3.63, 3.8) is 0 Å². The number of pyridine rings is 1. The molecule has 0 saturated heterocycles. The van der Waals surface area contributed by atoms with Crippen molar-refractivity contribution in [3.05, 3.63) is 47.9 Å². The highest BCUT2D eigenvalue weighted by Crippen LogP contribution is 2.32. The van der Waals surface area contributed by atoms with E-state index < -0.39 is 23.2 Å². The summed E-state index contributed by atoms with van der Waals surface area (Å²) in [5, 5.41) is 8.88. The Hall–Kier alpha value is -2.63. The van der Waals surface area contributed by atoms with E-state index in [4.69, 9.17) is 14.6 Å². The van der Waals surface area contributed by atoms with Crippen LogP contribution in [0.2, 0.25) is 0 Å². The van der Waals surface area contributed by atoms with Crippen LogP contribution in [0.5, 0.6) is 17.4 Å². The zero-order valence-corrected chi connectivity index (χ0v) is 11.4. The third-order valence-electron chi connectivity index (χ3n) is 2.61. The maximum Gasteiger partial charge on any atom is 0.338 e. The molecule has 21 heavy (non-hydrogen) atoms. The minimum absolute atomic E-state index is 0.278. The summed E-state index contributed by atoms with van der Waals surface area (Å²) < 4.78 is 24.8. The third kappa shape index (κ3) is 3.47. The first-order valence-corrected chi connectivity index (χ1v) is 6.41. The first-order valence-electron chi connectivity index (χ1n) is 6.41. The van der Waals surface area contributed by atoms with Gasteiger partial charge in [-0.1, -0.05) is 19.1 Å². The quantitative estimate of drug-likeness (QED) is 0.882. The molecular formula is C15H14FNO4.